The number of carbonyl (C=O) groups excluding carboxylic acids is 1. The van der Waals surface area contributed by atoms with Crippen molar-refractivity contribution in [2.75, 3.05) is 33.7 Å². The number of Topliss-reactive ketones (excluding diaryl/α,β-unsaturated/α-hetero) is 1. The second-order valence-electron chi connectivity index (χ2n) is 7.90. The number of ether oxygens (including phenoxy) is 3. The quantitative estimate of drug-likeness (QED) is 0.303. The van der Waals surface area contributed by atoms with E-state index in [2.05, 4.69) is 15.3 Å². The Morgan fingerprint density at radius 3 is 2.50 bits per heavy atom. The van der Waals surface area contributed by atoms with Gasteiger partial charge in [-0.05, 0) is 47.9 Å². The van der Waals surface area contributed by atoms with Gasteiger partial charge in [-0.2, -0.15) is 0 Å². The van der Waals surface area contributed by atoms with E-state index in [1.54, 1.807) is 45.8 Å². The second kappa shape index (κ2) is 12.4. The van der Waals surface area contributed by atoms with Crippen molar-refractivity contribution >= 4 is 23.3 Å². The van der Waals surface area contributed by atoms with E-state index in [0.717, 1.165) is 23.3 Å². The molecule has 2 aromatic carbocycles. The Kier molecular flexibility index (Phi) is 9.05. The third-order valence-corrected chi connectivity index (χ3v) is 5.73. The summed E-state index contributed by atoms with van der Waals surface area (Å²) >= 11 is 0. The van der Waals surface area contributed by atoms with Crippen LogP contribution in [0, 0.1) is 0 Å². The monoisotopic (exact) mass is 488 g/mol. The molecule has 36 heavy (non-hydrogen) atoms. The molecule has 1 aromatic heterocycles. The molecule has 0 bridgehead atoms. The molecule has 3 N–H and O–H groups in total. The van der Waals surface area contributed by atoms with Gasteiger partial charge in [0.2, 0.25) is 11.7 Å². The minimum Gasteiger partial charge on any atom is -0.497 e. The predicted molar refractivity (Wildman–Crippen MR) is 143 cm³/mol. The molecule has 0 fully saturated rings. The van der Waals surface area contributed by atoms with Crippen molar-refractivity contribution in [3.8, 4) is 17.4 Å². The van der Waals surface area contributed by atoms with Gasteiger partial charge in [0, 0.05) is 48.4 Å². The summed E-state index contributed by atoms with van der Waals surface area (Å²) < 4.78 is 16.0. The molecule has 188 valence electrons. The van der Waals surface area contributed by atoms with Crippen molar-refractivity contribution in [1.29, 1.82) is 0 Å². The molecule has 0 spiro atoms. The number of aromatic nitrogens is 1. The summed E-state index contributed by atoms with van der Waals surface area (Å²) in [6.45, 7) is 2.04. The van der Waals surface area contributed by atoms with Crippen LogP contribution >= 0.6 is 0 Å². The molecule has 8 nitrogen and oxygen atoms in total. The molecule has 0 aliphatic heterocycles. The fraction of sp³-hybridized carbons (Fsp3) is 0.250. The minimum atomic E-state index is -0.820. The number of carbonyl (C=O) groups is 1. The van der Waals surface area contributed by atoms with Gasteiger partial charge < -0.3 is 25.3 Å². The first-order valence-corrected chi connectivity index (χ1v) is 11.5. The summed E-state index contributed by atoms with van der Waals surface area (Å²) in [5.41, 5.74) is 10.2. The van der Waals surface area contributed by atoms with Gasteiger partial charge in [0.25, 0.3) is 0 Å². The van der Waals surface area contributed by atoms with E-state index >= 15 is 0 Å². The zero-order valence-electron chi connectivity index (χ0n) is 21.2. The van der Waals surface area contributed by atoms with Gasteiger partial charge in [-0.25, -0.2) is 4.98 Å². The molecule has 8 heteroatoms. The highest BCUT2D eigenvalue weighted by atomic mass is 16.5. The first kappa shape index (κ1) is 26.3. The van der Waals surface area contributed by atoms with E-state index in [9.17, 15) is 4.79 Å². The molecule has 0 saturated carbocycles. The fourth-order valence-electron chi connectivity index (χ4n) is 3.80. The number of aryl methyl sites for hydroxylation is 1. The van der Waals surface area contributed by atoms with E-state index in [0.29, 0.717) is 28.5 Å². The van der Waals surface area contributed by atoms with Crippen LogP contribution < -0.4 is 25.3 Å². The Bertz CT molecular complexity index is 1250. The molecular weight excluding hydrogens is 456 g/mol. The van der Waals surface area contributed by atoms with Crippen LogP contribution in [0.1, 0.15) is 29.7 Å². The second-order valence-corrected chi connectivity index (χ2v) is 7.90. The van der Waals surface area contributed by atoms with E-state index in [4.69, 9.17) is 19.9 Å². The molecule has 0 aliphatic rings. The Hall–Kier alpha value is -4.33. The average molecular weight is 489 g/mol. The SMILES string of the molecule is CCc1cc(C(C=NC)=C(N)C(=O)C(Nc2cccc(OC)c2)c2ccc(OC)nc2)ccc1OC. The Balaban J connectivity index is 2.10. The van der Waals surface area contributed by atoms with Crippen molar-refractivity contribution in [2.24, 2.45) is 10.7 Å². The molecule has 3 rings (SSSR count). The van der Waals surface area contributed by atoms with Crippen molar-refractivity contribution in [1.82, 2.24) is 4.98 Å². The zero-order chi connectivity index (χ0) is 26.1. The zero-order valence-corrected chi connectivity index (χ0v) is 21.2. The van der Waals surface area contributed by atoms with Crippen LogP contribution in [0.25, 0.3) is 5.57 Å². The highest BCUT2D eigenvalue weighted by Gasteiger charge is 2.26. The van der Waals surface area contributed by atoms with E-state index in [-0.39, 0.29) is 11.5 Å². The maximum absolute atomic E-state index is 13.9. The number of nitrogens with one attached hydrogen (secondary N) is 1. The van der Waals surface area contributed by atoms with Gasteiger partial charge in [0.05, 0.1) is 27.0 Å². The first-order valence-electron chi connectivity index (χ1n) is 11.5. The van der Waals surface area contributed by atoms with Gasteiger partial charge >= 0.3 is 0 Å². The van der Waals surface area contributed by atoms with Crippen molar-refractivity contribution in [3.05, 3.63) is 83.2 Å². The van der Waals surface area contributed by atoms with Crippen LogP contribution in [-0.4, -0.2) is 45.4 Å². The number of anilines is 1. The molecule has 0 radical (unpaired) electrons. The fourth-order valence-corrected chi connectivity index (χ4v) is 3.80. The summed E-state index contributed by atoms with van der Waals surface area (Å²) in [5.74, 6) is 1.56. The molecule has 1 unspecified atom stereocenters. The Morgan fingerprint density at radius 2 is 1.89 bits per heavy atom. The number of nitrogens with zero attached hydrogens (tertiary/aromatic N) is 2. The number of methoxy groups -OCH3 is 3. The summed E-state index contributed by atoms with van der Waals surface area (Å²) in [6.07, 6.45) is 3.96. The number of pyridine rings is 1. The third-order valence-electron chi connectivity index (χ3n) is 5.73. The van der Waals surface area contributed by atoms with Crippen LogP contribution in [0.4, 0.5) is 5.69 Å². The summed E-state index contributed by atoms with van der Waals surface area (Å²) in [5, 5.41) is 3.29. The average Bonchev–Trinajstić information content (AvgIpc) is 2.93. The highest BCUT2D eigenvalue weighted by Crippen LogP contribution is 2.29. The number of benzene rings is 2. The normalized spacial score (nSPS) is 12.6. The smallest absolute Gasteiger partial charge is 0.212 e. The molecule has 3 aromatic rings. The van der Waals surface area contributed by atoms with Gasteiger partial charge in [0.1, 0.15) is 17.5 Å². The number of nitrogens with two attached hydrogens (primary N) is 1. The maximum atomic E-state index is 13.9. The lowest BCUT2D eigenvalue weighted by Gasteiger charge is -2.21. The topological polar surface area (TPSA) is 108 Å². The number of rotatable bonds is 11. The minimum absolute atomic E-state index is 0.0732. The lowest BCUT2D eigenvalue weighted by Crippen LogP contribution is -2.27. The van der Waals surface area contributed by atoms with E-state index < -0.39 is 6.04 Å². The van der Waals surface area contributed by atoms with Crippen molar-refractivity contribution in [3.63, 3.8) is 0 Å². The third kappa shape index (κ3) is 6.02. The van der Waals surface area contributed by atoms with Gasteiger partial charge in [-0.3, -0.25) is 9.79 Å². The Morgan fingerprint density at radius 1 is 1.08 bits per heavy atom. The lowest BCUT2D eigenvalue weighted by molar-refractivity contribution is -0.116. The summed E-state index contributed by atoms with van der Waals surface area (Å²) in [6, 6.07) is 15.7. The first-order chi connectivity index (χ1) is 17.4. The van der Waals surface area contributed by atoms with Gasteiger partial charge in [-0.15, -0.1) is 0 Å². The van der Waals surface area contributed by atoms with Crippen molar-refractivity contribution < 1.29 is 19.0 Å². The molecular formula is C28H32N4O4. The predicted octanol–water partition coefficient (Wildman–Crippen LogP) is 4.46. The van der Waals surface area contributed by atoms with Crippen LogP contribution in [0.15, 0.2) is 71.5 Å². The van der Waals surface area contributed by atoms with Crippen LogP contribution in [-0.2, 0) is 11.2 Å². The molecule has 0 aliphatic carbocycles. The van der Waals surface area contributed by atoms with E-state index in [1.807, 2.05) is 49.4 Å². The number of aliphatic imine (C=N–C) groups is 1. The molecule has 1 heterocycles. The maximum Gasteiger partial charge on any atom is 0.212 e. The number of allylic oxidation sites excluding steroid dienone is 1. The number of hydrogen-bond acceptors (Lipinski definition) is 8. The molecule has 0 amide bonds. The van der Waals surface area contributed by atoms with Crippen LogP contribution in [0.5, 0.6) is 17.4 Å². The van der Waals surface area contributed by atoms with Gasteiger partial charge in [-0.1, -0.05) is 19.1 Å². The van der Waals surface area contributed by atoms with E-state index in [1.165, 1.54) is 7.11 Å². The van der Waals surface area contributed by atoms with Crippen molar-refractivity contribution in [2.45, 2.75) is 19.4 Å². The lowest BCUT2D eigenvalue weighted by atomic mass is 9.95. The standard InChI is InChI=1S/C28H32N4O4/c1-6-18-14-19(10-12-24(18)35-4)23(17-30-2)26(29)28(33)27(20-11-13-25(36-5)31-16-20)32-21-8-7-9-22(15-21)34-3/h7-17,27,32H,6,29H2,1-5H3. The number of ketones is 1. The van der Waals surface area contributed by atoms with Crippen LogP contribution in [0.3, 0.4) is 0 Å². The van der Waals surface area contributed by atoms with Crippen LogP contribution in [0.2, 0.25) is 0 Å². The summed E-state index contributed by atoms with van der Waals surface area (Å²) in [7, 11) is 6.40. The largest absolute Gasteiger partial charge is 0.497 e. The molecule has 1 atom stereocenters. The van der Waals surface area contributed by atoms with Gasteiger partial charge in [0.15, 0.2) is 0 Å². The molecule has 0 saturated heterocycles. The summed E-state index contributed by atoms with van der Waals surface area (Å²) in [4.78, 5) is 22.3. The number of hydrogen-bond donors (Lipinski definition) is 2. The highest BCUT2D eigenvalue weighted by molar-refractivity contribution is 6.20. The Labute approximate surface area is 211 Å².